The lowest BCUT2D eigenvalue weighted by atomic mass is 10.0. The van der Waals surface area contributed by atoms with E-state index in [2.05, 4.69) is 47.1 Å². The van der Waals surface area contributed by atoms with Crippen LogP contribution >= 0.6 is 27.3 Å². The zero-order valence-electron chi connectivity index (χ0n) is 11.9. The molecule has 0 spiro atoms. The third-order valence-electron chi connectivity index (χ3n) is 4.15. The SMILES string of the molecule is Cc1sc(C2CCCCCC2)nc1-c1ccccc1Br. The number of hydrogen-bond donors (Lipinski definition) is 0. The minimum absolute atomic E-state index is 0.692. The van der Waals surface area contributed by atoms with Crippen LogP contribution in [0.1, 0.15) is 54.3 Å². The molecule has 1 aromatic heterocycles. The van der Waals surface area contributed by atoms with Gasteiger partial charge in [-0.15, -0.1) is 11.3 Å². The summed E-state index contributed by atoms with van der Waals surface area (Å²) in [6, 6.07) is 8.40. The molecule has 0 bridgehead atoms. The Balaban J connectivity index is 1.93. The second kappa shape index (κ2) is 6.40. The Morgan fingerprint density at radius 3 is 2.50 bits per heavy atom. The Morgan fingerprint density at radius 1 is 1.10 bits per heavy atom. The number of aromatic nitrogens is 1. The van der Waals surface area contributed by atoms with Gasteiger partial charge in [0, 0.05) is 20.8 Å². The van der Waals surface area contributed by atoms with Gasteiger partial charge in [-0.25, -0.2) is 4.98 Å². The summed E-state index contributed by atoms with van der Waals surface area (Å²) in [5, 5.41) is 1.36. The maximum atomic E-state index is 4.99. The van der Waals surface area contributed by atoms with Crippen molar-refractivity contribution in [2.24, 2.45) is 0 Å². The van der Waals surface area contributed by atoms with Crippen molar-refractivity contribution in [3.8, 4) is 11.3 Å². The van der Waals surface area contributed by atoms with E-state index in [0.29, 0.717) is 5.92 Å². The predicted molar refractivity (Wildman–Crippen MR) is 90.4 cm³/mol. The first-order valence-corrected chi connectivity index (χ1v) is 9.09. The zero-order valence-corrected chi connectivity index (χ0v) is 14.3. The molecule has 106 valence electrons. The molecule has 0 radical (unpaired) electrons. The van der Waals surface area contributed by atoms with E-state index in [4.69, 9.17) is 4.98 Å². The molecule has 1 nitrogen and oxygen atoms in total. The molecule has 1 saturated carbocycles. The number of nitrogens with zero attached hydrogens (tertiary/aromatic N) is 1. The van der Waals surface area contributed by atoms with E-state index >= 15 is 0 Å². The Hall–Kier alpha value is -0.670. The largest absolute Gasteiger partial charge is 0.241 e. The van der Waals surface area contributed by atoms with Crippen LogP contribution in [0.5, 0.6) is 0 Å². The number of aryl methyl sites for hydroxylation is 1. The van der Waals surface area contributed by atoms with Crippen LogP contribution in [-0.2, 0) is 0 Å². The van der Waals surface area contributed by atoms with E-state index in [-0.39, 0.29) is 0 Å². The Morgan fingerprint density at radius 2 is 1.80 bits per heavy atom. The smallest absolute Gasteiger partial charge is 0.0966 e. The highest BCUT2D eigenvalue weighted by Crippen LogP contribution is 2.39. The summed E-state index contributed by atoms with van der Waals surface area (Å²) in [5.74, 6) is 0.692. The zero-order chi connectivity index (χ0) is 13.9. The fourth-order valence-electron chi connectivity index (χ4n) is 3.02. The molecule has 1 fully saturated rings. The van der Waals surface area contributed by atoms with Gasteiger partial charge in [-0.1, -0.05) is 59.8 Å². The van der Waals surface area contributed by atoms with Gasteiger partial charge in [0.05, 0.1) is 10.7 Å². The molecule has 1 heterocycles. The third kappa shape index (κ3) is 2.99. The molecule has 20 heavy (non-hydrogen) atoms. The fraction of sp³-hybridized carbons (Fsp3) is 0.471. The first-order chi connectivity index (χ1) is 9.75. The molecule has 1 aliphatic rings. The molecule has 1 aliphatic carbocycles. The molecule has 1 aromatic carbocycles. The highest BCUT2D eigenvalue weighted by atomic mass is 79.9. The van der Waals surface area contributed by atoms with Crippen LogP contribution in [0.25, 0.3) is 11.3 Å². The van der Waals surface area contributed by atoms with Crippen molar-refractivity contribution >= 4 is 27.3 Å². The summed E-state index contributed by atoms with van der Waals surface area (Å²) in [4.78, 5) is 6.34. The Bertz CT molecular complexity index is 582. The average molecular weight is 350 g/mol. The highest BCUT2D eigenvalue weighted by molar-refractivity contribution is 9.10. The normalized spacial score (nSPS) is 17.1. The van der Waals surface area contributed by atoms with Gasteiger partial charge in [-0.2, -0.15) is 0 Å². The quantitative estimate of drug-likeness (QED) is 0.578. The standard InChI is InChI=1S/C17H20BrNS/c1-12-16(14-10-6-7-11-15(14)18)19-17(20-12)13-8-4-2-3-5-9-13/h6-7,10-11,13H,2-5,8-9H2,1H3. The van der Waals surface area contributed by atoms with E-state index < -0.39 is 0 Å². The first-order valence-electron chi connectivity index (χ1n) is 7.48. The minimum atomic E-state index is 0.692. The molecule has 3 rings (SSSR count). The van der Waals surface area contributed by atoms with Gasteiger partial charge in [-0.05, 0) is 25.8 Å². The molecular weight excluding hydrogens is 330 g/mol. The third-order valence-corrected chi connectivity index (χ3v) is 5.97. The van der Waals surface area contributed by atoms with E-state index in [1.165, 1.54) is 59.7 Å². The van der Waals surface area contributed by atoms with Gasteiger partial charge >= 0.3 is 0 Å². The van der Waals surface area contributed by atoms with E-state index in [1.54, 1.807) is 0 Å². The molecule has 3 heteroatoms. The molecule has 2 aromatic rings. The van der Waals surface area contributed by atoms with Crippen molar-refractivity contribution in [3.63, 3.8) is 0 Å². The van der Waals surface area contributed by atoms with Crippen molar-refractivity contribution in [1.82, 2.24) is 4.98 Å². The van der Waals surface area contributed by atoms with E-state index in [9.17, 15) is 0 Å². The second-order valence-electron chi connectivity index (χ2n) is 5.63. The summed E-state index contributed by atoms with van der Waals surface area (Å²) < 4.78 is 1.14. The van der Waals surface area contributed by atoms with Gasteiger partial charge in [0.1, 0.15) is 0 Å². The summed E-state index contributed by atoms with van der Waals surface area (Å²) in [5.41, 5.74) is 2.39. The number of thiazole rings is 1. The summed E-state index contributed by atoms with van der Waals surface area (Å²) in [6.07, 6.45) is 8.18. The average Bonchev–Trinajstić information content (AvgIpc) is 2.67. The first kappa shape index (κ1) is 14.3. The van der Waals surface area contributed by atoms with Crippen LogP contribution in [0.2, 0.25) is 0 Å². The molecular formula is C17H20BrNS. The molecule has 0 saturated heterocycles. The van der Waals surface area contributed by atoms with Crippen LogP contribution < -0.4 is 0 Å². The predicted octanol–water partition coefficient (Wildman–Crippen LogP) is 6.32. The van der Waals surface area contributed by atoms with Gasteiger partial charge in [0.15, 0.2) is 0 Å². The van der Waals surface area contributed by atoms with Crippen molar-refractivity contribution in [2.75, 3.05) is 0 Å². The lowest BCUT2D eigenvalue weighted by Gasteiger charge is -2.09. The maximum Gasteiger partial charge on any atom is 0.0966 e. The molecule has 0 N–H and O–H groups in total. The van der Waals surface area contributed by atoms with E-state index in [0.717, 1.165) is 4.47 Å². The van der Waals surface area contributed by atoms with Crippen molar-refractivity contribution in [3.05, 3.63) is 38.6 Å². The fourth-order valence-corrected chi connectivity index (χ4v) is 4.60. The minimum Gasteiger partial charge on any atom is -0.241 e. The highest BCUT2D eigenvalue weighted by Gasteiger charge is 2.20. The lowest BCUT2D eigenvalue weighted by Crippen LogP contribution is -1.96. The maximum absolute atomic E-state index is 4.99. The molecule has 0 aliphatic heterocycles. The summed E-state index contributed by atoms with van der Waals surface area (Å²) in [6.45, 7) is 2.20. The van der Waals surface area contributed by atoms with Crippen LogP contribution in [0, 0.1) is 6.92 Å². The van der Waals surface area contributed by atoms with Gasteiger partial charge in [0.2, 0.25) is 0 Å². The van der Waals surface area contributed by atoms with E-state index in [1.807, 2.05) is 11.3 Å². The number of hydrogen-bond acceptors (Lipinski definition) is 2. The molecule has 0 atom stereocenters. The number of benzene rings is 1. The van der Waals surface area contributed by atoms with Crippen LogP contribution in [0.3, 0.4) is 0 Å². The molecule has 0 unspecified atom stereocenters. The van der Waals surface area contributed by atoms with Crippen molar-refractivity contribution in [2.45, 2.75) is 51.4 Å². The molecule has 0 amide bonds. The number of rotatable bonds is 2. The monoisotopic (exact) mass is 349 g/mol. The summed E-state index contributed by atoms with van der Waals surface area (Å²) >= 11 is 5.55. The van der Waals surface area contributed by atoms with Gasteiger partial charge in [-0.3, -0.25) is 0 Å². The Labute approximate surface area is 133 Å². The van der Waals surface area contributed by atoms with Crippen LogP contribution in [-0.4, -0.2) is 4.98 Å². The Kier molecular flexibility index (Phi) is 4.57. The summed E-state index contributed by atoms with van der Waals surface area (Å²) in [7, 11) is 0. The van der Waals surface area contributed by atoms with Crippen LogP contribution in [0.4, 0.5) is 0 Å². The van der Waals surface area contributed by atoms with Crippen molar-refractivity contribution < 1.29 is 0 Å². The lowest BCUT2D eigenvalue weighted by molar-refractivity contribution is 0.589. The topological polar surface area (TPSA) is 12.9 Å². The second-order valence-corrected chi connectivity index (χ2v) is 7.71. The van der Waals surface area contributed by atoms with Crippen molar-refractivity contribution in [1.29, 1.82) is 0 Å². The number of halogens is 1. The van der Waals surface area contributed by atoms with Crippen LogP contribution in [0.15, 0.2) is 28.7 Å². The van der Waals surface area contributed by atoms with Gasteiger partial charge < -0.3 is 0 Å². The van der Waals surface area contributed by atoms with Gasteiger partial charge in [0.25, 0.3) is 0 Å².